The van der Waals surface area contributed by atoms with E-state index in [-0.39, 0.29) is 43.6 Å². The van der Waals surface area contributed by atoms with Crippen molar-refractivity contribution in [3.63, 3.8) is 0 Å². The van der Waals surface area contributed by atoms with E-state index in [1.54, 1.807) is 13.3 Å². The van der Waals surface area contributed by atoms with Gasteiger partial charge in [-0.3, -0.25) is 38.4 Å². The van der Waals surface area contributed by atoms with Gasteiger partial charge in [-0.15, -0.1) is 0 Å². The van der Waals surface area contributed by atoms with Gasteiger partial charge in [0.25, 0.3) is 0 Å². The lowest BCUT2D eigenvalue weighted by atomic mass is 9.81. The highest BCUT2D eigenvalue weighted by atomic mass is 16.2. The monoisotopic (exact) mass is 931 g/mol. The van der Waals surface area contributed by atoms with Gasteiger partial charge in [-0.25, -0.2) is 0 Å². The van der Waals surface area contributed by atoms with Gasteiger partial charge in [0.05, 0.1) is 12.6 Å². The second-order valence-corrected chi connectivity index (χ2v) is 18.6. The van der Waals surface area contributed by atoms with E-state index in [9.17, 15) is 38.4 Å². The Hall–Kier alpha value is -5.52. The van der Waals surface area contributed by atoms with E-state index in [0.717, 1.165) is 48.1 Å². The van der Waals surface area contributed by atoms with Crippen molar-refractivity contribution < 1.29 is 38.4 Å². The standard InChI is InChI=1S/C50H76N9O8/c1-33(2)27-41(49(67)59(7)50(5,32-60)44(62)39(52)28-36-19-11-8-12-20-36)57-46(64)35(4)54-45(63)34(3)55-47(65)40(25-17-18-26-51)56-48(66)42(29-37-21-13-9-14-22-37)58(6)43(61)31-53-30-38-23-15-10-16-24-38/h9-10,13-16,21-24,33-36,39-42,53H,8,11-12,17-20,25-31,51-52H2,1-7H3,(H,54,63)(H,55,65)(H,56,66)(H,57,64)/t34-,35-,39-,40-,41-,42-,50-/m0/s1. The number of carbonyl (C=O) groups is 7. The summed E-state index contributed by atoms with van der Waals surface area (Å²) in [6.45, 7) is 8.60. The lowest BCUT2D eigenvalue weighted by Gasteiger charge is -2.37. The summed E-state index contributed by atoms with van der Waals surface area (Å²) in [5, 5.41) is 13.9. The number of carbonyl (C=O) groups excluding carboxylic acids is 8. The van der Waals surface area contributed by atoms with Gasteiger partial charge in [0.1, 0.15) is 30.2 Å². The highest BCUT2D eigenvalue weighted by Gasteiger charge is 2.46. The van der Waals surface area contributed by atoms with Crippen molar-refractivity contribution in [2.45, 2.75) is 154 Å². The van der Waals surface area contributed by atoms with Gasteiger partial charge in [-0.05, 0) is 82.4 Å². The van der Waals surface area contributed by atoms with Crippen molar-refractivity contribution in [3.05, 3.63) is 71.8 Å². The van der Waals surface area contributed by atoms with Crippen molar-refractivity contribution in [2.24, 2.45) is 23.3 Å². The van der Waals surface area contributed by atoms with Crippen molar-refractivity contribution in [1.82, 2.24) is 36.4 Å². The van der Waals surface area contributed by atoms with Crippen LogP contribution in [0.2, 0.25) is 0 Å². The Bertz CT molecular complexity index is 1930. The number of hydrogen-bond donors (Lipinski definition) is 7. The van der Waals surface area contributed by atoms with Crippen molar-refractivity contribution in [2.75, 3.05) is 27.2 Å². The molecule has 2 aromatic carbocycles. The molecule has 1 aliphatic carbocycles. The van der Waals surface area contributed by atoms with Crippen LogP contribution in [0.4, 0.5) is 0 Å². The molecule has 3 rings (SSSR count). The van der Waals surface area contributed by atoms with Crippen LogP contribution < -0.4 is 38.1 Å². The van der Waals surface area contributed by atoms with E-state index in [2.05, 4.69) is 26.6 Å². The van der Waals surface area contributed by atoms with E-state index in [1.165, 1.54) is 32.7 Å². The molecule has 1 fully saturated rings. The first-order valence-corrected chi connectivity index (χ1v) is 23.7. The van der Waals surface area contributed by atoms with E-state index in [1.807, 2.05) is 74.5 Å². The molecule has 369 valence electrons. The second kappa shape index (κ2) is 28.0. The quantitative estimate of drug-likeness (QED) is 0.0481. The van der Waals surface area contributed by atoms with Gasteiger partial charge in [-0.2, -0.15) is 0 Å². The fraction of sp³-hybridized carbons (Fsp3) is 0.600. The first-order chi connectivity index (χ1) is 31.8. The SMILES string of the molecule is CC(C)C[C@H](NC(=O)[C@H](C)NC(=O)[C@H](C)NC(=O)[C@H](CCCCN)NC(=O)[C@H](Cc1ccccc1)N(C)C(=O)CNCc1ccccc1)C(=O)N(C)[C@@](C)([C]=O)C(=O)[C@@H](N)CC1CCCCC1. The van der Waals surface area contributed by atoms with Crippen LogP contribution in [0, 0.1) is 11.8 Å². The van der Waals surface area contributed by atoms with Crippen LogP contribution in [0.3, 0.4) is 0 Å². The molecule has 9 N–H and O–H groups in total. The van der Waals surface area contributed by atoms with Crippen LogP contribution in [0.5, 0.6) is 0 Å². The zero-order valence-electron chi connectivity index (χ0n) is 40.6. The summed E-state index contributed by atoms with van der Waals surface area (Å²) in [6.07, 6.45) is 8.83. The molecule has 2 aromatic rings. The fourth-order valence-corrected chi connectivity index (χ4v) is 8.24. The van der Waals surface area contributed by atoms with Gasteiger partial charge >= 0.3 is 0 Å². The van der Waals surface area contributed by atoms with Crippen LogP contribution in [-0.4, -0.2) is 126 Å². The van der Waals surface area contributed by atoms with Gasteiger partial charge < -0.3 is 47.9 Å². The molecule has 6 amide bonds. The van der Waals surface area contributed by atoms with E-state index in [0.29, 0.717) is 32.4 Å². The Kier molecular flexibility index (Phi) is 23.3. The molecule has 17 nitrogen and oxygen atoms in total. The summed E-state index contributed by atoms with van der Waals surface area (Å²) in [4.78, 5) is 111. The summed E-state index contributed by atoms with van der Waals surface area (Å²) in [6, 6.07) is 12.2. The van der Waals surface area contributed by atoms with E-state index in [4.69, 9.17) is 11.5 Å². The van der Waals surface area contributed by atoms with Crippen LogP contribution in [-0.2, 0) is 51.3 Å². The summed E-state index contributed by atoms with van der Waals surface area (Å²) in [5.41, 5.74) is 11.9. The molecular formula is C50H76N9O8. The number of hydrogen-bond acceptors (Lipinski definition) is 11. The molecule has 17 heteroatoms. The molecule has 0 bridgehead atoms. The average Bonchev–Trinajstić information content (AvgIpc) is 3.32. The molecule has 67 heavy (non-hydrogen) atoms. The lowest BCUT2D eigenvalue weighted by molar-refractivity contribution is -0.144. The zero-order valence-corrected chi connectivity index (χ0v) is 40.6. The minimum absolute atomic E-state index is 0.0337. The highest BCUT2D eigenvalue weighted by molar-refractivity contribution is 6.08. The molecule has 7 atom stereocenters. The Morgan fingerprint density at radius 2 is 1.30 bits per heavy atom. The van der Waals surface area contributed by atoms with Crippen LogP contribution in [0.1, 0.15) is 110 Å². The van der Waals surface area contributed by atoms with Crippen molar-refractivity contribution >= 4 is 47.5 Å². The first-order valence-electron chi connectivity index (χ1n) is 23.7. The maximum atomic E-state index is 14.1. The van der Waals surface area contributed by atoms with Gasteiger partial charge in [-0.1, -0.05) is 107 Å². The van der Waals surface area contributed by atoms with Crippen molar-refractivity contribution in [1.29, 1.82) is 0 Å². The minimum atomic E-state index is -2.00. The third kappa shape index (κ3) is 17.6. The maximum Gasteiger partial charge on any atom is 0.246 e. The smallest absolute Gasteiger partial charge is 0.246 e. The second-order valence-electron chi connectivity index (χ2n) is 18.6. The molecule has 0 unspecified atom stereocenters. The van der Waals surface area contributed by atoms with Crippen LogP contribution >= 0.6 is 0 Å². The minimum Gasteiger partial charge on any atom is -0.343 e. The maximum absolute atomic E-state index is 14.1. The van der Waals surface area contributed by atoms with Gasteiger partial charge in [0.2, 0.25) is 41.7 Å². The molecule has 0 aliphatic heterocycles. The Labute approximate surface area is 397 Å². The summed E-state index contributed by atoms with van der Waals surface area (Å²) < 4.78 is 0. The number of nitrogens with two attached hydrogens (primary N) is 2. The van der Waals surface area contributed by atoms with Gasteiger partial charge in [0.15, 0.2) is 11.3 Å². The number of rotatable bonds is 28. The predicted molar refractivity (Wildman–Crippen MR) is 257 cm³/mol. The molecule has 0 aromatic heterocycles. The lowest BCUT2D eigenvalue weighted by Crippen LogP contribution is -2.63. The normalized spacial score (nSPS) is 16.4. The summed E-state index contributed by atoms with van der Waals surface area (Å²) in [5.74, 6) is -4.17. The molecule has 0 saturated heterocycles. The molecule has 1 saturated carbocycles. The molecule has 0 heterocycles. The molecule has 0 spiro atoms. The number of unbranched alkanes of at least 4 members (excludes halogenated alkanes) is 1. The number of nitrogens with zero attached hydrogens (tertiary/aromatic N) is 2. The predicted octanol–water partition coefficient (Wildman–Crippen LogP) is 2.19. The third-order valence-electron chi connectivity index (χ3n) is 12.6. The first kappa shape index (κ1) is 55.8. The number of Topliss-reactive ketones (excluding diaryl/α,β-unsaturated/α-hetero) is 1. The molecular weight excluding hydrogens is 855 g/mol. The van der Waals surface area contributed by atoms with Crippen molar-refractivity contribution in [3.8, 4) is 0 Å². The Morgan fingerprint density at radius 3 is 1.87 bits per heavy atom. The fourth-order valence-electron chi connectivity index (χ4n) is 8.24. The van der Waals surface area contributed by atoms with Crippen LogP contribution in [0.15, 0.2) is 60.7 Å². The number of likely N-dealkylation sites (N-methyl/N-ethyl adjacent to an activating group) is 2. The molecule has 1 radical (unpaired) electrons. The Morgan fingerprint density at radius 1 is 0.746 bits per heavy atom. The molecule has 1 aliphatic rings. The number of amides is 6. The van der Waals surface area contributed by atoms with E-state index < -0.39 is 77.1 Å². The number of nitrogens with one attached hydrogen (secondary N) is 5. The largest absolute Gasteiger partial charge is 0.343 e. The van der Waals surface area contributed by atoms with E-state index >= 15 is 0 Å². The third-order valence-corrected chi connectivity index (χ3v) is 12.6. The average molecular weight is 931 g/mol. The summed E-state index contributed by atoms with van der Waals surface area (Å²) >= 11 is 0. The number of ketones is 1. The van der Waals surface area contributed by atoms with Crippen LogP contribution in [0.25, 0.3) is 0 Å². The Balaban J connectivity index is 1.68. The highest BCUT2D eigenvalue weighted by Crippen LogP contribution is 2.29. The zero-order chi connectivity index (χ0) is 49.7. The van der Waals surface area contributed by atoms with Gasteiger partial charge in [0, 0.05) is 27.1 Å². The topological polar surface area (TPSA) is 255 Å². The summed E-state index contributed by atoms with van der Waals surface area (Å²) in [7, 11) is 2.86. The number of benzene rings is 2.